The first-order valence-electron chi connectivity index (χ1n) is 10.3. The molecule has 0 aliphatic carbocycles. The van der Waals surface area contributed by atoms with Gasteiger partial charge in [0, 0.05) is 22.9 Å². The first kappa shape index (κ1) is 25.2. The van der Waals surface area contributed by atoms with E-state index in [9.17, 15) is 14.0 Å². The van der Waals surface area contributed by atoms with Gasteiger partial charge in [-0.15, -0.1) is 11.8 Å². The number of nitrogens with one attached hydrogen (secondary N) is 1. The van der Waals surface area contributed by atoms with Gasteiger partial charge < -0.3 is 10.2 Å². The van der Waals surface area contributed by atoms with Crippen molar-refractivity contribution in [2.45, 2.75) is 58.0 Å². The van der Waals surface area contributed by atoms with E-state index in [2.05, 4.69) is 5.32 Å². The lowest BCUT2D eigenvalue weighted by atomic mass is 10.1. The molecule has 2 amide bonds. The van der Waals surface area contributed by atoms with E-state index in [0.29, 0.717) is 17.2 Å². The number of halogens is 2. The molecule has 168 valence electrons. The van der Waals surface area contributed by atoms with Crippen molar-refractivity contribution in [3.05, 3.63) is 70.5 Å². The van der Waals surface area contributed by atoms with Crippen LogP contribution in [0.15, 0.2) is 48.5 Å². The number of rotatable bonds is 9. The minimum absolute atomic E-state index is 0.126. The second-order valence-electron chi connectivity index (χ2n) is 8.43. The van der Waals surface area contributed by atoms with Gasteiger partial charge in [0.1, 0.15) is 11.9 Å². The van der Waals surface area contributed by atoms with Crippen LogP contribution in [-0.4, -0.2) is 34.0 Å². The summed E-state index contributed by atoms with van der Waals surface area (Å²) in [6.07, 6.45) is 0.483. The molecule has 1 N–H and O–H groups in total. The molecule has 0 fully saturated rings. The van der Waals surface area contributed by atoms with Gasteiger partial charge >= 0.3 is 0 Å². The normalized spacial score (nSPS) is 12.3. The summed E-state index contributed by atoms with van der Waals surface area (Å²) in [5.41, 5.74) is 1.45. The average Bonchev–Trinajstić information content (AvgIpc) is 2.69. The van der Waals surface area contributed by atoms with E-state index in [0.717, 1.165) is 11.1 Å². The number of amides is 2. The van der Waals surface area contributed by atoms with E-state index in [1.54, 1.807) is 17.0 Å². The van der Waals surface area contributed by atoms with Crippen LogP contribution < -0.4 is 5.32 Å². The molecule has 4 nitrogen and oxygen atoms in total. The van der Waals surface area contributed by atoms with Crippen molar-refractivity contribution in [3.8, 4) is 0 Å². The lowest BCUT2D eigenvalue weighted by Gasteiger charge is -2.33. The Balaban J connectivity index is 2.14. The Kier molecular flexibility index (Phi) is 9.38. The molecule has 0 radical (unpaired) electrons. The molecule has 0 saturated carbocycles. The third-order valence-corrected chi connectivity index (χ3v) is 5.80. The molecule has 1 unspecified atom stereocenters. The van der Waals surface area contributed by atoms with E-state index >= 15 is 0 Å². The summed E-state index contributed by atoms with van der Waals surface area (Å²) in [4.78, 5) is 27.7. The maximum atomic E-state index is 13.3. The molecule has 0 spiro atoms. The van der Waals surface area contributed by atoms with Crippen LogP contribution in [0.5, 0.6) is 0 Å². The third-order valence-electron chi connectivity index (χ3n) is 4.56. The molecule has 7 heteroatoms. The zero-order chi connectivity index (χ0) is 23.0. The minimum atomic E-state index is -0.604. The maximum absolute atomic E-state index is 13.3. The Hall–Kier alpha value is -2.05. The summed E-state index contributed by atoms with van der Waals surface area (Å²) in [5, 5.41) is 3.65. The van der Waals surface area contributed by atoms with Gasteiger partial charge in [0.15, 0.2) is 0 Å². The third kappa shape index (κ3) is 8.54. The van der Waals surface area contributed by atoms with Gasteiger partial charge in [-0.25, -0.2) is 4.39 Å². The molecule has 0 saturated heterocycles. The molecule has 0 aliphatic heterocycles. The number of hydrogen-bond acceptors (Lipinski definition) is 3. The number of benzene rings is 2. The van der Waals surface area contributed by atoms with Crippen LogP contribution in [0.3, 0.4) is 0 Å². The van der Waals surface area contributed by atoms with Crippen LogP contribution in [0.2, 0.25) is 5.02 Å². The van der Waals surface area contributed by atoms with E-state index in [1.165, 1.54) is 23.9 Å². The van der Waals surface area contributed by atoms with Gasteiger partial charge in [-0.3, -0.25) is 9.59 Å². The fourth-order valence-corrected chi connectivity index (χ4v) is 4.08. The van der Waals surface area contributed by atoms with Crippen molar-refractivity contribution in [2.24, 2.45) is 0 Å². The zero-order valence-corrected chi connectivity index (χ0v) is 20.0. The standard InChI is InChI=1S/C24H30ClFN2O2S/c1-5-21(23(30)27-24(2,3)4)28(14-17-8-12-20(26)13-9-17)22(29)16-31-15-18-6-10-19(25)11-7-18/h6-13,21H,5,14-16H2,1-4H3,(H,27,30). The number of hydrogen-bond donors (Lipinski definition) is 1. The summed E-state index contributed by atoms with van der Waals surface area (Å²) in [6.45, 7) is 7.86. The molecular weight excluding hydrogens is 435 g/mol. The Morgan fingerprint density at radius 2 is 1.65 bits per heavy atom. The topological polar surface area (TPSA) is 49.4 Å². The van der Waals surface area contributed by atoms with Gasteiger partial charge in [-0.05, 0) is 62.6 Å². The lowest BCUT2D eigenvalue weighted by molar-refractivity contribution is -0.140. The number of carbonyl (C=O) groups excluding carboxylic acids is 2. The Bertz CT molecular complexity index is 867. The largest absolute Gasteiger partial charge is 0.350 e. The van der Waals surface area contributed by atoms with Gasteiger partial charge in [0.25, 0.3) is 0 Å². The number of nitrogens with zero attached hydrogens (tertiary/aromatic N) is 1. The van der Waals surface area contributed by atoms with Gasteiger partial charge in [0.2, 0.25) is 11.8 Å². The van der Waals surface area contributed by atoms with Crippen LogP contribution in [-0.2, 0) is 21.9 Å². The summed E-state index contributed by atoms with van der Waals surface area (Å²) in [6, 6.07) is 12.9. The molecule has 0 heterocycles. The van der Waals surface area contributed by atoms with Crippen molar-refractivity contribution >= 4 is 35.2 Å². The summed E-state index contributed by atoms with van der Waals surface area (Å²) in [7, 11) is 0. The predicted octanol–water partition coefficient (Wildman–Crippen LogP) is 5.43. The van der Waals surface area contributed by atoms with Crippen LogP contribution in [0, 0.1) is 5.82 Å². The van der Waals surface area contributed by atoms with Gasteiger partial charge in [-0.2, -0.15) is 0 Å². The molecule has 0 bridgehead atoms. The molecule has 0 aliphatic rings. The Morgan fingerprint density at radius 3 is 2.19 bits per heavy atom. The van der Waals surface area contributed by atoms with Crippen LogP contribution in [0.1, 0.15) is 45.2 Å². The van der Waals surface area contributed by atoms with E-state index in [-0.39, 0.29) is 29.9 Å². The van der Waals surface area contributed by atoms with Crippen molar-refractivity contribution in [2.75, 3.05) is 5.75 Å². The highest BCUT2D eigenvalue weighted by Crippen LogP contribution is 2.19. The lowest BCUT2D eigenvalue weighted by Crippen LogP contribution is -2.53. The second kappa shape index (κ2) is 11.5. The van der Waals surface area contributed by atoms with Crippen molar-refractivity contribution < 1.29 is 14.0 Å². The fourth-order valence-electron chi connectivity index (χ4n) is 3.08. The first-order valence-corrected chi connectivity index (χ1v) is 11.8. The van der Waals surface area contributed by atoms with Crippen LogP contribution >= 0.6 is 23.4 Å². The highest BCUT2D eigenvalue weighted by molar-refractivity contribution is 7.99. The average molecular weight is 465 g/mol. The molecule has 0 aromatic heterocycles. The summed E-state index contributed by atoms with van der Waals surface area (Å²) >= 11 is 7.41. The highest BCUT2D eigenvalue weighted by atomic mass is 35.5. The molecule has 1 atom stereocenters. The minimum Gasteiger partial charge on any atom is -0.350 e. The molecular formula is C24H30ClFN2O2S. The predicted molar refractivity (Wildman–Crippen MR) is 127 cm³/mol. The van der Waals surface area contributed by atoms with Crippen molar-refractivity contribution in [1.82, 2.24) is 10.2 Å². The molecule has 2 aromatic rings. The van der Waals surface area contributed by atoms with E-state index < -0.39 is 11.6 Å². The Morgan fingerprint density at radius 1 is 1.06 bits per heavy atom. The molecule has 2 aromatic carbocycles. The summed E-state index contributed by atoms with van der Waals surface area (Å²) in [5.74, 6) is 0.256. The zero-order valence-electron chi connectivity index (χ0n) is 18.5. The van der Waals surface area contributed by atoms with Crippen molar-refractivity contribution in [1.29, 1.82) is 0 Å². The maximum Gasteiger partial charge on any atom is 0.243 e. The fraction of sp³-hybridized carbons (Fsp3) is 0.417. The molecule has 2 rings (SSSR count). The second-order valence-corrected chi connectivity index (χ2v) is 9.85. The number of thioether (sulfide) groups is 1. The summed E-state index contributed by atoms with van der Waals surface area (Å²) < 4.78 is 13.3. The first-order chi connectivity index (χ1) is 14.6. The number of carbonyl (C=O) groups is 2. The Labute approximate surface area is 193 Å². The smallest absolute Gasteiger partial charge is 0.243 e. The van der Waals surface area contributed by atoms with Gasteiger partial charge in [-0.1, -0.05) is 42.8 Å². The van der Waals surface area contributed by atoms with E-state index in [1.807, 2.05) is 52.0 Å². The van der Waals surface area contributed by atoms with Crippen molar-refractivity contribution in [3.63, 3.8) is 0 Å². The highest BCUT2D eigenvalue weighted by Gasteiger charge is 2.30. The van der Waals surface area contributed by atoms with Gasteiger partial charge in [0.05, 0.1) is 5.75 Å². The molecule has 31 heavy (non-hydrogen) atoms. The van der Waals surface area contributed by atoms with Crippen LogP contribution in [0.25, 0.3) is 0 Å². The van der Waals surface area contributed by atoms with Crippen LogP contribution in [0.4, 0.5) is 4.39 Å². The quantitative estimate of drug-likeness (QED) is 0.538. The van der Waals surface area contributed by atoms with E-state index in [4.69, 9.17) is 11.6 Å². The monoisotopic (exact) mass is 464 g/mol. The SMILES string of the molecule is CCC(C(=O)NC(C)(C)C)N(Cc1ccc(F)cc1)C(=O)CSCc1ccc(Cl)cc1.